The third-order valence-electron chi connectivity index (χ3n) is 2.49. The van der Waals surface area contributed by atoms with E-state index in [4.69, 9.17) is 31.0 Å². The van der Waals surface area contributed by atoms with Crippen LogP contribution in [0.5, 0.6) is 23.5 Å². The Hall–Kier alpha value is -2.10. The molecule has 2 rings (SSSR count). The van der Waals surface area contributed by atoms with E-state index in [9.17, 15) is 8.42 Å². The van der Waals surface area contributed by atoms with Crippen LogP contribution in [0.1, 0.15) is 0 Å². The minimum atomic E-state index is -4.03. The van der Waals surface area contributed by atoms with Crippen molar-refractivity contribution in [1.82, 2.24) is 9.97 Å². The van der Waals surface area contributed by atoms with Crippen LogP contribution in [-0.4, -0.2) is 32.6 Å². The van der Waals surface area contributed by atoms with Crippen molar-refractivity contribution in [2.24, 2.45) is 5.14 Å². The lowest BCUT2D eigenvalue weighted by molar-refractivity contribution is 0.346. The summed E-state index contributed by atoms with van der Waals surface area (Å²) in [5, 5.41) is 5.33. The Balaban J connectivity index is 2.47. The number of sulfonamides is 1. The van der Waals surface area contributed by atoms with Gasteiger partial charge in [-0.1, -0.05) is 11.6 Å². The Labute approximate surface area is 131 Å². The number of nitrogens with zero attached hydrogens (tertiary/aromatic N) is 2. The molecule has 2 N–H and O–H groups in total. The summed E-state index contributed by atoms with van der Waals surface area (Å²) in [6.45, 7) is 0. The summed E-state index contributed by atoms with van der Waals surface area (Å²) in [5.74, 6) is 0.308. The van der Waals surface area contributed by atoms with Crippen LogP contribution in [0.15, 0.2) is 29.2 Å². The number of rotatable bonds is 5. The lowest BCUT2D eigenvalue weighted by Crippen LogP contribution is -2.13. The molecule has 1 aromatic heterocycles. The molecular formula is C12H12ClN3O5S. The molecule has 8 nitrogen and oxygen atoms in total. The fourth-order valence-corrected chi connectivity index (χ4v) is 2.44. The number of hydrogen-bond donors (Lipinski definition) is 1. The first-order valence-corrected chi connectivity index (χ1v) is 7.73. The largest absolute Gasteiger partial charge is 0.481 e. The van der Waals surface area contributed by atoms with Gasteiger partial charge in [0.25, 0.3) is 0 Å². The predicted molar refractivity (Wildman–Crippen MR) is 78.0 cm³/mol. The van der Waals surface area contributed by atoms with Crippen LogP contribution in [0.2, 0.25) is 5.02 Å². The van der Waals surface area contributed by atoms with Crippen molar-refractivity contribution in [3.8, 4) is 23.5 Å². The molecule has 10 heteroatoms. The highest BCUT2D eigenvalue weighted by molar-refractivity contribution is 7.89. The van der Waals surface area contributed by atoms with E-state index in [2.05, 4.69) is 9.97 Å². The van der Waals surface area contributed by atoms with Crippen molar-refractivity contribution in [1.29, 1.82) is 0 Å². The molecule has 0 aliphatic heterocycles. The first kappa shape index (κ1) is 16.3. The number of primary sulfonamides is 1. The van der Waals surface area contributed by atoms with Crippen LogP contribution < -0.4 is 19.3 Å². The molecule has 118 valence electrons. The average molecular weight is 346 g/mol. The lowest BCUT2D eigenvalue weighted by atomic mass is 10.3. The molecule has 0 radical (unpaired) electrons. The quantitative estimate of drug-likeness (QED) is 0.875. The highest BCUT2D eigenvalue weighted by Crippen LogP contribution is 2.30. The van der Waals surface area contributed by atoms with E-state index >= 15 is 0 Å². The van der Waals surface area contributed by atoms with Gasteiger partial charge in [-0.25, -0.2) is 13.6 Å². The van der Waals surface area contributed by atoms with Gasteiger partial charge in [0.05, 0.1) is 20.3 Å². The van der Waals surface area contributed by atoms with Gasteiger partial charge in [0.2, 0.25) is 21.8 Å². The van der Waals surface area contributed by atoms with Gasteiger partial charge in [0, 0.05) is 5.02 Å². The molecule has 0 aliphatic rings. The first-order chi connectivity index (χ1) is 10.3. The molecule has 1 aromatic carbocycles. The monoisotopic (exact) mass is 345 g/mol. The highest BCUT2D eigenvalue weighted by Gasteiger charge is 2.18. The van der Waals surface area contributed by atoms with Crippen molar-refractivity contribution >= 4 is 21.6 Å². The lowest BCUT2D eigenvalue weighted by Gasteiger charge is -2.10. The Morgan fingerprint density at radius 2 is 1.68 bits per heavy atom. The SMILES string of the molecule is COc1cc(OC)nc(Oc2ccc(Cl)cc2S(N)(=O)=O)n1. The van der Waals surface area contributed by atoms with Gasteiger partial charge in [-0.15, -0.1) is 0 Å². The van der Waals surface area contributed by atoms with Crippen molar-refractivity contribution in [3.63, 3.8) is 0 Å². The van der Waals surface area contributed by atoms with Gasteiger partial charge in [-0.3, -0.25) is 0 Å². The Morgan fingerprint density at radius 1 is 1.09 bits per heavy atom. The zero-order chi connectivity index (χ0) is 16.3. The minimum Gasteiger partial charge on any atom is -0.481 e. The molecule has 2 aromatic rings. The number of aromatic nitrogens is 2. The van der Waals surface area contributed by atoms with Gasteiger partial charge < -0.3 is 14.2 Å². The van der Waals surface area contributed by atoms with Gasteiger partial charge in [0.1, 0.15) is 4.90 Å². The second-order valence-electron chi connectivity index (χ2n) is 3.97. The van der Waals surface area contributed by atoms with E-state index in [0.29, 0.717) is 0 Å². The second-order valence-corrected chi connectivity index (χ2v) is 5.94. The zero-order valence-electron chi connectivity index (χ0n) is 11.6. The molecule has 0 fully saturated rings. The number of nitrogens with two attached hydrogens (primary N) is 1. The summed E-state index contributed by atoms with van der Waals surface area (Å²) < 4.78 is 38.5. The number of methoxy groups -OCH3 is 2. The van der Waals surface area contributed by atoms with Crippen molar-refractivity contribution in [2.75, 3.05) is 14.2 Å². The molecule has 0 spiro atoms. The molecule has 0 saturated heterocycles. The summed E-state index contributed by atoms with van der Waals surface area (Å²) in [6.07, 6.45) is 0. The van der Waals surface area contributed by atoms with Crippen LogP contribution in [0, 0.1) is 0 Å². The predicted octanol–water partition coefficient (Wildman–Crippen LogP) is 1.59. The van der Waals surface area contributed by atoms with Gasteiger partial charge in [0.15, 0.2) is 5.75 Å². The Bertz CT molecular complexity index is 775. The normalized spacial score (nSPS) is 11.1. The van der Waals surface area contributed by atoms with Crippen LogP contribution in [-0.2, 0) is 10.0 Å². The third-order valence-corrected chi connectivity index (χ3v) is 3.66. The molecule has 0 unspecified atom stereocenters. The van der Waals surface area contributed by atoms with Crippen LogP contribution in [0.3, 0.4) is 0 Å². The maximum Gasteiger partial charge on any atom is 0.328 e. The number of benzene rings is 1. The van der Waals surface area contributed by atoms with Crippen molar-refractivity contribution in [2.45, 2.75) is 4.90 Å². The van der Waals surface area contributed by atoms with Gasteiger partial charge in [-0.2, -0.15) is 9.97 Å². The number of hydrogen-bond acceptors (Lipinski definition) is 7. The van der Waals surface area contributed by atoms with Gasteiger partial charge >= 0.3 is 6.01 Å². The van der Waals surface area contributed by atoms with E-state index in [-0.39, 0.29) is 33.4 Å². The topological polar surface area (TPSA) is 114 Å². The van der Waals surface area contributed by atoms with E-state index in [1.807, 2.05) is 0 Å². The van der Waals surface area contributed by atoms with Crippen LogP contribution >= 0.6 is 11.6 Å². The van der Waals surface area contributed by atoms with E-state index < -0.39 is 10.0 Å². The zero-order valence-corrected chi connectivity index (χ0v) is 13.2. The minimum absolute atomic E-state index is 0.0674. The Morgan fingerprint density at radius 3 is 2.18 bits per heavy atom. The van der Waals surface area contributed by atoms with Crippen molar-refractivity contribution in [3.05, 3.63) is 29.3 Å². The summed E-state index contributed by atoms with van der Waals surface area (Å²) in [6, 6.07) is 5.24. The summed E-state index contributed by atoms with van der Waals surface area (Å²) in [5.41, 5.74) is 0. The molecule has 0 amide bonds. The maximum absolute atomic E-state index is 11.6. The molecule has 1 heterocycles. The highest BCUT2D eigenvalue weighted by atomic mass is 35.5. The Kier molecular flexibility index (Phi) is 4.69. The summed E-state index contributed by atoms with van der Waals surface area (Å²) >= 11 is 5.77. The molecule has 0 saturated carbocycles. The maximum atomic E-state index is 11.6. The average Bonchev–Trinajstić information content (AvgIpc) is 2.47. The fraction of sp³-hybridized carbons (Fsp3) is 0.167. The van der Waals surface area contributed by atoms with Gasteiger partial charge in [-0.05, 0) is 18.2 Å². The molecular weight excluding hydrogens is 334 g/mol. The number of halogens is 1. The van der Waals surface area contributed by atoms with E-state index in [1.165, 1.54) is 38.5 Å². The molecule has 0 aliphatic carbocycles. The van der Waals surface area contributed by atoms with Crippen LogP contribution in [0.25, 0.3) is 0 Å². The van der Waals surface area contributed by atoms with E-state index in [0.717, 1.165) is 0 Å². The summed E-state index contributed by atoms with van der Waals surface area (Å²) in [7, 11) is -1.22. The van der Waals surface area contributed by atoms with Crippen LogP contribution in [0.4, 0.5) is 0 Å². The second kappa shape index (κ2) is 6.34. The first-order valence-electron chi connectivity index (χ1n) is 5.80. The fourth-order valence-electron chi connectivity index (χ4n) is 1.53. The summed E-state index contributed by atoms with van der Waals surface area (Å²) in [4.78, 5) is 7.59. The molecule has 0 bridgehead atoms. The standard InChI is InChI=1S/C12H12ClN3O5S/c1-19-10-6-11(20-2)16-12(15-10)21-8-4-3-7(13)5-9(8)22(14,17)18/h3-6H,1-2H3,(H2,14,17,18). The van der Waals surface area contributed by atoms with Crippen molar-refractivity contribution < 1.29 is 22.6 Å². The molecule has 22 heavy (non-hydrogen) atoms. The third kappa shape index (κ3) is 3.75. The number of ether oxygens (including phenoxy) is 3. The smallest absolute Gasteiger partial charge is 0.328 e. The van der Waals surface area contributed by atoms with E-state index in [1.54, 1.807) is 0 Å². The molecule has 0 atom stereocenters.